The summed E-state index contributed by atoms with van der Waals surface area (Å²) in [6.07, 6.45) is 0. The molecule has 25 heavy (non-hydrogen) atoms. The van der Waals surface area contributed by atoms with Gasteiger partial charge in [0, 0.05) is 19.7 Å². The quantitative estimate of drug-likeness (QED) is 0.552. The molecule has 0 atom stereocenters. The average Bonchev–Trinajstić information content (AvgIpc) is 2.53. The molecule has 1 amide bonds. The number of nitro groups is 1. The molecule has 0 aliphatic rings. The van der Waals surface area contributed by atoms with E-state index in [0.29, 0.717) is 19.7 Å². The lowest BCUT2D eigenvalue weighted by molar-refractivity contribution is -0.385. The maximum absolute atomic E-state index is 12.7. The number of rotatable bonds is 8. The number of ether oxygens (including phenoxy) is 2. The van der Waals surface area contributed by atoms with Crippen LogP contribution in [0.5, 0.6) is 11.5 Å². The van der Waals surface area contributed by atoms with Gasteiger partial charge in [0.25, 0.3) is 11.6 Å². The van der Waals surface area contributed by atoms with E-state index in [2.05, 4.69) is 0 Å². The van der Waals surface area contributed by atoms with Crippen LogP contribution in [-0.4, -0.2) is 49.6 Å². The Morgan fingerprint density at radius 2 is 1.96 bits per heavy atom. The van der Waals surface area contributed by atoms with Gasteiger partial charge in [0.05, 0.1) is 24.7 Å². The Labute approximate surface area is 153 Å². The minimum absolute atomic E-state index is 0. The van der Waals surface area contributed by atoms with Crippen molar-refractivity contribution in [3.63, 3.8) is 0 Å². The van der Waals surface area contributed by atoms with Crippen LogP contribution in [0, 0.1) is 15.5 Å². The van der Waals surface area contributed by atoms with Gasteiger partial charge in [0.2, 0.25) is 0 Å². The molecular weight excluding hydrogens is 350 g/mol. The molecule has 142 valence electrons. The second-order valence-corrected chi connectivity index (χ2v) is 6.24. The van der Waals surface area contributed by atoms with Gasteiger partial charge in [-0.3, -0.25) is 14.9 Å². The Morgan fingerprint density at radius 3 is 2.40 bits per heavy atom. The molecule has 1 rings (SSSR count). The van der Waals surface area contributed by atoms with E-state index >= 15 is 0 Å². The minimum atomic E-state index is -0.600. The first-order chi connectivity index (χ1) is 11.2. The number of nitrogens with zero attached hydrogens (tertiary/aromatic N) is 2. The number of nitrogens with two attached hydrogens (primary N) is 1. The molecule has 0 bridgehead atoms. The van der Waals surface area contributed by atoms with E-state index in [-0.39, 0.29) is 40.6 Å². The van der Waals surface area contributed by atoms with Crippen LogP contribution in [0.4, 0.5) is 5.69 Å². The third-order valence-corrected chi connectivity index (χ3v) is 3.57. The zero-order valence-electron chi connectivity index (χ0n) is 15.2. The normalized spacial score (nSPS) is 10.6. The summed E-state index contributed by atoms with van der Waals surface area (Å²) >= 11 is 0. The van der Waals surface area contributed by atoms with E-state index in [0.717, 1.165) is 0 Å². The lowest BCUT2D eigenvalue weighted by Crippen LogP contribution is -2.40. The van der Waals surface area contributed by atoms with Crippen LogP contribution in [0.25, 0.3) is 0 Å². The SMILES string of the molecule is CCOc1cc([N+](=O)[O-])c(C(=O)N(C)CC(C)(C)CN)cc1OC.Cl. The van der Waals surface area contributed by atoms with Crippen LogP contribution in [-0.2, 0) is 0 Å². The van der Waals surface area contributed by atoms with Crippen molar-refractivity contribution in [1.82, 2.24) is 4.90 Å². The first kappa shape index (κ1) is 22.9. The van der Waals surface area contributed by atoms with Crippen LogP contribution in [0.1, 0.15) is 31.1 Å². The molecule has 0 aliphatic carbocycles. The van der Waals surface area contributed by atoms with Gasteiger partial charge in [0.15, 0.2) is 11.5 Å². The van der Waals surface area contributed by atoms with Crippen molar-refractivity contribution in [2.24, 2.45) is 11.1 Å². The lowest BCUT2D eigenvalue weighted by Gasteiger charge is -2.29. The molecule has 0 aliphatic heterocycles. The molecule has 0 saturated carbocycles. The van der Waals surface area contributed by atoms with Crippen molar-refractivity contribution in [1.29, 1.82) is 0 Å². The summed E-state index contributed by atoms with van der Waals surface area (Å²) in [6, 6.07) is 2.56. The molecule has 0 saturated heterocycles. The second kappa shape index (κ2) is 9.43. The minimum Gasteiger partial charge on any atom is -0.493 e. The zero-order valence-corrected chi connectivity index (χ0v) is 16.0. The van der Waals surface area contributed by atoms with Crippen LogP contribution in [0.3, 0.4) is 0 Å². The number of nitro benzene ring substituents is 1. The Kier molecular flexibility index (Phi) is 8.65. The molecule has 1 aromatic rings. The van der Waals surface area contributed by atoms with E-state index in [1.807, 2.05) is 13.8 Å². The Hall–Kier alpha value is -2.06. The fraction of sp³-hybridized carbons (Fsp3) is 0.562. The largest absolute Gasteiger partial charge is 0.493 e. The fourth-order valence-corrected chi connectivity index (χ4v) is 2.28. The third-order valence-electron chi connectivity index (χ3n) is 3.57. The number of carbonyl (C=O) groups is 1. The number of benzene rings is 1. The topological polar surface area (TPSA) is 108 Å². The highest BCUT2D eigenvalue weighted by Crippen LogP contribution is 2.35. The van der Waals surface area contributed by atoms with Crippen molar-refractivity contribution in [2.75, 3.05) is 33.9 Å². The van der Waals surface area contributed by atoms with Gasteiger partial charge in [0.1, 0.15) is 5.56 Å². The summed E-state index contributed by atoms with van der Waals surface area (Å²) in [4.78, 5) is 24.9. The number of hydrogen-bond donors (Lipinski definition) is 1. The molecule has 0 radical (unpaired) electrons. The van der Waals surface area contributed by atoms with Gasteiger partial charge in [-0.25, -0.2) is 0 Å². The maximum Gasteiger partial charge on any atom is 0.286 e. The third kappa shape index (κ3) is 5.75. The second-order valence-electron chi connectivity index (χ2n) is 6.24. The fourth-order valence-electron chi connectivity index (χ4n) is 2.28. The van der Waals surface area contributed by atoms with Crippen LogP contribution in [0.2, 0.25) is 0 Å². The molecular formula is C16H26ClN3O5. The summed E-state index contributed by atoms with van der Waals surface area (Å²) in [5.41, 5.74) is 5.03. The molecule has 8 nitrogen and oxygen atoms in total. The summed E-state index contributed by atoms with van der Waals surface area (Å²) in [6.45, 7) is 6.68. The van der Waals surface area contributed by atoms with Crippen molar-refractivity contribution in [3.05, 3.63) is 27.8 Å². The van der Waals surface area contributed by atoms with E-state index in [9.17, 15) is 14.9 Å². The number of amides is 1. The van der Waals surface area contributed by atoms with Crippen LogP contribution in [0.15, 0.2) is 12.1 Å². The van der Waals surface area contributed by atoms with Crippen molar-refractivity contribution in [3.8, 4) is 11.5 Å². The number of halogens is 1. The van der Waals surface area contributed by atoms with Gasteiger partial charge in [-0.05, 0) is 18.9 Å². The molecule has 0 spiro atoms. The molecule has 9 heteroatoms. The van der Waals surface area contributed by atoms with E-state index in [1.54, 1.807) is 14.0 Å². The van der Waals surface area contributed by atoms with Crippen LogP contribution >= 0.6 is 12.4 Å². The zero-order chi connectivity index (χ0) is 18.5. The molecule has 2 N–H and O–H groups in total. The van der Waals surface area contributed by atoms with Crippen LogP contribution < -0.4 is 15.2 Å². The van der Waals surface area contributed by atoms with Gasteiger partial charge in [-0.15, -0.1) is 12.4 Å². The summed E-state index contributed by atoms with van der Waals surface area (Å²) in [7, 11) is 3.01. The smallest absolute Gasteiger partial charge is 0.286 e. The number of hydrogen-bond acceptors (Lipinski definition) is 6. The van der Waals surface area contributed by atoms with Crippen molar-refractivity contribution in [2.45, 2.75) is 20.8 Å². The van der Waals surface area contributed by atoms with E-state index in [1.165, 1.54) is 24.1 Å². The molecule has 0 aromatic heterocycles. The first-order valence-corrected chi connectivity index (χ1v) is 7.61. The van der Waals surface area contributed by atoms with Gasteiger partial charge < -0.3 is 20.1 Å². The van der Waals surface area contributed by atoms with Gasteiger partial charge in [-0.2, -0.15) is 0 Å². The number of carbonyl (C=O) groups excluding carboxylic acids is 1. The summed E-state index contributed by atoms with van der Waals surface area (Å²) in [5, 5.41) is 11.4. The predicted octanol–water partition coefficient (Wildman–Crippen LogP) is 2.48. The Morgan fingerprint density at radius 1 is 1.36 bits per heavy atom. The van der Waals surface area contributed by atoms with Crippen molar-refractivity contribution < 1.29 is 19.2 Å². The Bertz CT molecular complexity index is 622. The standard InChI is InChI=1S/C16H25N3O5.ClH/c1-6-24-14-8-12(19(21)22)11(7-13(14)23-5)15(20)18(4)10-16(2,3)9-17;/h7-8H,6,9-10,17H2,1-5H3;1H. The summed E-state index contributed by atoms with van der Waals surface area (Å²) in [5.74, 6) is 0.0371. The van der Waals surface area contributed by atoms with E-state index in [4.69, 9.17) is 15.2 Å². The number of methoxy groups -OCH3 is 1. The first-order valence-electron chi connectivity index (χ1n) is 7.61. The predicted molar refractivity (Wildman–Crippen MR) is 97.9 cm³/mol. The highest BCUT2D eigenvalue weighted by molar-refractivity contribution is 5.99. The molecule has 0 unspecified atom stereocenters. The highest BCUT2D eigenvalue weighted by atomic mass is 35.5. The van der Waals surface area contributed by atoms with Gasteiger partial charge >= 0.3 is 0 Å². The molecule has 0 heterocycles. The highest BCUT2D eigenvalue weighted by Gasteiger charge is 2.29. The molecule has 1 aromatic carbocycles. The monoisotopic (exact) mass is 375 g/mol. The summed E-state index contributed by atoms with van der Waals surface area (Å²) < 4.78 is 10.5. The maximum atomic E-state index is 12.7. The lowest BCUT2D eigenvalue weighted by atomic mass is 9.93. The molecule has 0 fully saturated rings. The van der Waals surface area contributed by atoms with E-state index < -0.39 is 10.8 Å². The van der Waals surface area contributed by atoms with Gasteiger partial charge in [-0.1, -0.05) is 13.8 Å². The Balaban J connectivity index is 0.00000576. The van der Waals surface area contributed by atoms with Crippen molar-refractivity contribution >= 4 is 24.0 Å². The average molecular weight is 376 g/mol.